The molecule has 90 valence electrons. The van der Waals surface area contributed by atoms with Crippen LogP contribution in [0.15, 0.2) is 24.5 Å². The van der Waals surface area contributed by atoms with Crippen LogP contribution in [0.2, 0.25) is 0 Å². The van der Waals surface area contributed by atoms with E-state index in [1.54, 1.807) is 0 Å². The average molecular weight is 246 g/mol. The third-order valence-corrected chi connectivity index (χ3v) is 2.33. The van der Waals surface area contributed by atoms with Crippen molar-refractivity contribution in [3.8, 4) is 29.5 Å². The van der Waals surface area contributed by atoms with Gasteiger partial charge in [0.1, 0.15) is 0 Å². The fraction of sp³-hybridized carbons (Fsp3) is 0.0769. The first-order valence-electron chi connectivity index (χ1n) is 4.98. The Morgan fingerprint density at radius 1 is 1.17 bits per heavy atom. The predicted molar refractivity (Wildman–Crippen MR) is 61.9 cm³/mol. The second kappa shape index (κ2) is 4.80. The molecular weight excluding hydrogens is 238 g/mol. The fourth-order valence-electron chi connectivity index (χ4n) is 1.40. The number of aromatic nitrogens is 2. The van der Waals surface area contributed by atoms with Crippen molar-refractivity contribution in [2.75, 3.05) is 7.11 Å². The summed E-state index contributed by atoms with van der Waals surface area (Å²) in [5.41, 5.74) is 0.421. The molecule has 3 nitrogen and oxygen atoms in total. The molecule has 1 aromatic heterocycles. The Balaban J connectivity index is 2.51. The number of methoxy groups -OCH3 is 1. The average Bonchev–Trinajstić information content (AvgIpc) is 2.42. The van der Waals surface area contributed by atoms with Crippen molar-refractivity contribution in [2.24, 2.45) is 0 Å². The zero-order valence-electron chi connectivity index (χ0n) is 9.45. The van der Waals surface area contributed by atoms with Gasteiger partial charge in [-0.15, -0.1) is 6.42 Å². The number of terminal acetylenes is 1. The van der Waals surface area contributed by atoms with E-state index in [1.807, 2.05) is 0 Å². The largest absolute Gasteiger partial charge is 0.494 e. The molecule has 0 spiro atoms. The summed E-state index contributed by atoms with van der Waals surface area (Å²) in [7, 11) is 1.26. The molecule has 0 aliphatic carbocycles. The normalized spacial score (nSPS) is 9.89. The predicted octanol–water partition coefficient (Wildman–Crippen LogP) is 2.41. The minimum Gasteiger partial charge on any atom is -0.494 e. The molecule has 18 heavy (non-hydrogen) atoms. The lowest BCUT2D eigenvalue weighted by Crippen LogP contribution is -1.98. The van der Waals surface area contributed by atoms with Crippen molar-refractivity contribution in [1.82, 2.24) is 9.97 Å². The van der Waals surface area contributed by atoms with Crippen molar-refractivity contribution in [3.05, 3.63) is 41.7 Å². The van der Waals surface area contributed by atoms with Gasteiger partial charge in [-0.1, -0.05) is 5.92 Å². The number of ether oxygens (including phenoxy) is 1. The van der Waals surface area contributed by atoms with Gasteiger partial charge in [0.2, 0.25) is 5.82 Å². The van der Waals surface area contributed by atoms with E-state index in [2.05, 4.69) is 20.6 Å². The minimum absolute atomic E-state index is 0.0446. The van der Waals surface area contributed by atoms with Gasteiger partial charge in [-0.3, -0.25) is 0 Å². The summed E-state index contributed by atoms with van der Waals surface area (Å²) in [6.45, 7) is 0. The summed E-state index contributed by atoms with van der Waals surface area (Å²) in [5.74, 6) is 0.107. The molecule has 0 unspecified atom stereocenters. The Kier molecular flexibility index (Phi) is 3.20. The van der Waals surface area contributed by atoms with E-state index in [4.69, 9.17) is 6.42 Å². The highest BCUT2D eigenvalue weighted by molar-refractivity contribution is 5.58. The molecule has 0 saturated heterocycles. The number of halogens is 2. The molecular formula is C13H8F2N2O. The molecule has 0 bridgehead atoms. The Morgan fingerprint density at radius 3 is 2.39 bits per heavy atom. The Morgan fingerprint density at radius 2 is 1.83 bits per heavy atom. The molecule has 2 aromatic rings. The quantitative estimate of drug-likeness (QED) is 0.763. The maximum atomic E-state index is 13.7. The zero-order valence-corrected chi connectivity index (χ0v) is 9.45. The second-order valence-corrected chi connectivity index (χ2v) is 3.38. The molecule has 0 amide bonds. The van der Waals surface area contributed by atoms with E-state index in [0.29, 0.717) is 5.56 Å². The van der Waals surface area contributed by atoms with Crippen molar-refractivity contribution in [3.63, 3.8) is 0 Å². The lowest BCUT2D eigenvalue weighted by Gasteiger charge is -2.06. The van der Waals surface area contributed by atoms with E-state index in [9.17, 15) is 8.78 Å². The number of benzene rings is 1. The standard InChI is InChI=1S/C13H8F2N2O/c1-3-8-6-16-13(17-7-8)9-4-5-10(18-2)12(15)11(9)14/h1,4-7H,2H3. The Labute approximate surface area is 102 Å². The Bertz CT molecular complexity index is 618. The number of rotatable bonds is 2. The summed E-state index contributed by atoms with van der Waals surface area (Å²) in [4.78, 5) is 7.75. The van der Waals surface area contributed by atoms with Crippen LogP contribution in [-0.2, 0) is 0 Å². The Hall–Kier alpha value is -2.48. The molecule has 1 aromatic carbocycles. The maximum absolute atomic E-state index is 13.7. The third kappa shape index (κ3) is 2.00. The van der Waals surface area contributed by atoms with Gasteiger partial charge < -0.3 is 4.74 Å². The lowest BCUT2D eigenvalue weighted by molar-refractivity contribution is 0.372. The molecule has 0 saturated carbocycles. The van der Waals surface area contributed by atoms with E-state index in [-0.39, 0.29) is 17.1 Å². The highest BCUT2D eigenvalue weighted by atomic mass is 19.2. The summed E-state index contributed by atoms with van der Waals surface area (Å²) in [6.07, 6.45) is 7.88. The van der Waals surface area contributed by atoms with Gasteiger partial charge in [0.15, 0.2) is 17.4 Å². The van der Waals surface area contributed by atoms with Crippen LogP contribution in [0.3, 0.4) is 0 Å². The van der Waals surface area contributed by atoms with Gasteiger partial charge in [0.05, 0.1) is 18.2 Å². The van der Waals surface area contributed by atoms with Crippen LogP contribution >= 0.6 is 0 Å². The van der Waals surface area contributed by atoms with E-state index in [0.717, 1.165) is 0 Å². The van der Waals surface area contributed by atoms with Gasteiger partial charge in [0.25, 0.3) is 0 Å². The topological polar surface area (TPSA) is 35.0 Å². The molecule has 0 aliphatic heterocycles. The maximum Gasteiger partial charge on any atom is 0.201 e. The summed E-state index contributed by atoms with van der Waals surface area (Å²) < 4.78 is 31.9. The number of hydrogen-bond donors (Lipinski definition) is 0. The molecule has 0 N–H and O–H groups in total. The molecule has 0 aliphatic rings. The zero-order chi connectivity index (χ0) is 13.1. The molecule has 1 heterocycles. The lowest BCUT2D eigenvalue weighted by atomic mass is 10.1. The molecule has 2 rings (SSSR count). The first kappa shape index (κ1) is 12.0. The van der Waals surface area contributed by atoms with Gasteiger partial charge in [-0.05, 0) is 12.1 Å². The number of nitrogens with zero attached hydrogens (tertiary/aromatic N) is 2. The van der Waals surface area contributed by atoms with E-state index < -0.39 is 11.6 Å². The van der Waals surface area contributed by atoms with Crippen molar-refractivity contribution >= 4 is 0 Å². The van der Waals surface area contributed by atoms with Gasteiger partial charge >= 0.3 is 0 Å². The smallest absolute Gasteiger partial charge is 0.201 e. The van der Waals surface area contributed by atoms with Gasteiger partial charge in [-0.25, -0.2) is 14.4 Å². The van der Waals surface area contributed by atoms with Gasteiger partial charge in [0, 0.05) is 12.4 Å². The van der Waals surface area contributed by atoms with Crippen LogP contribution < -0.4 is 4.74 Å². The molecule has 0 fully saturated rings. The van der Waals surface area contributed by atoms with E-state index >= 15 is 0 Å². The summed E-state index contributed by atoms with van der Waals surface area (Å²) in [6, 6.07) is 2.66. The summed E-state index contributed by atoms with van der Waals surface area (Å²) >= 11 is 0. The molecule has 5 heteroatoms. The van der Waals surface area contributed by atoms with Crippen LogP contribution in [0.4, 0.5) is 8.78 Å². The first-order valence-corrected chi connectivity index (χ1v) is 4.98. The van der Waals surface area contributed by atoms with Crippen molar-refractivity contribution in [2.45, 2.75) is 0 Å². The van der Waals surface area contributed by atoms with Crippen LogP contribution in [0.1, 0.15) is 5.56 Å². The third-order valence-electron chi connectivity index (χ3n) is 2.33. The monoisotopic (exact) mass is 246 g/mol. The molecule has 0 atom stereocenters. The summed E-state index contributed by atoms with van der Waals surface area (Å²) in [5, 5.41) is 0. The first-order chi connectivity index (χ1) is 8.67. The minimum atomic E-state index is -1.07. The highest BCUT2D eigenvalue weighted by Crippen LogP contribution is 2.27. The van der Waals surface area contributed by atoms with Crippen molar-refractivity contribution in [1.29, 1.82) is 0 Å². The van der Waals surface area contributed by atoms with Crippen LogP contribution in [0.5, 0.6) is 5.75 Å². The van der Waals surface area contributed by atoms with Crippen LogP contribution in [0, 0.1) is 24.0 Å². The highest BCUT2D eigenvalue weighted by Gasteiger charge is 2.16. The second-order valence-electron chi connectivity index (χ2n) is 3.38. The van der Waals surface area contributed by atoms with Crippen LogP contribution in [0.25, 0.3) is 11.4 Å². The fourth-order valence-corrected chi connectivity index (χ4v) is 1.40. The number of hydrogen-bond acceptors (Lipinski definition) is 3. The molecule has 0 radical (unpaired) electrons. The SMILES string of the molecule is C#Cc1cnc(-c2ccc(OC)c(F)c2F)nc1. The van der Waals surface area contributed by atoms with E-state index in [1.165, 1.54) is 31.6 Å². The van der Waals surface area contributed by atoms with Crippen LogP contribution in [-0.4, -0.2) is 17.1 Å². The van der Waals surface area contributed by atoms with Crippen molar-refractivity contribution < 1.29 is 13.5 Å². The van der Waals surface area contributed by atoms with Gasteiger partial charge in [-0.2, -0.15) is 4.39 Å².